The maximum absolute atomic E-state index is 4.83. The van der Waals surface area contributed by atoms with Crippen LogP contribution in [0.4, 0.5) is 5.82 Å². The third-order valence-electron chi connectivity index (χ3n) is 4.94. The molecule has 1 saturated heterocycles. The minimum Gasteiger partial charge on any atom is -0.357 e. The number of pyridine rings is 1. The van der Waals surface area contributed by atoms with Crippen molar-refractivity contribution in [3.8, 4) is 0 Å². The number of guanidine groups is 1. The standard InChI is InChI=1S/C18H26N8/c1-2-19-18(21-14-17-23-22-16-7-5-9-26(16)17)25-12-10-24(11-13-25)15-6-3-4-8-20-15/h3-4,6,8H,2,5,7,9-14H2,1H3,(H,19,21). The summed E-state index contributed by atoms with van der Waals surface area (Å²) in [7, 11) is 0. The van der Waals surface area contributed by atoms with Crippen molar-refractivity contribution >= 4 is 11.8 Å². The number of nitrogens with zero attached hydrogens (tertiary/aromatic N) is 7. The van der Waals surface area contributed by atoms with E-state index in [-0.39, 0.29) is 0 Å². The highest BCUT2D eigenvalue weighted by atomic mass is 15.4. The topological polar surface area (TPSA) is 74.5 Å². The van der Waals surface area contributed by atoms with E-state index in [4.69, 9.17) is 4.99 Å². The Morgan fingerprint density at radius 2 is 2.04 bits per heavy atom. The van der Waals surface area contributed by atoms with E-state index in [0.717, 1.165) is 75.5 Å². The van der Waals surface area contributed by atoms with Crippen molar-refractivity contribution < 1.29 is 0 Å². The molecular formula is C18H26N8. The first-order valence-electron chi connectivity index (χ1n) is 9.45. The highest BCUT2D eigenvalue weighted by Gasteiger charge is 2.21. The molecule has 0 unspecified atom stereocenters. The first-order chi connectivity index (χ1) is 12.8. The highest BCUT2D eigenvalue weighted by molar-refractivity contribution is 5.80. The van der Waals surface area contributed by atoms with Crippen molar-refractivity contribution in [2.75, 3.05) is 37.6 Å². The van der Waals surface area contributed by atoms with Gasteiger partial charge in [0.25, 0.3) is 0 Å². The average molecular weight is 354 g/mol. The summed E-state index contributed by atoms with van der Waals surface area (Å²) in [4.78, 5) is 13.9. The Labute approximate surface area is 154 Å². The summed E-state index contributed by atoms with van der Waals surface area (Å²) in [6, 6.07) is 6.06. The molecule has 1 fully saturated rings. The zero-order chi connectivity index (χ0) is 17.8. The molecule has 2 aliphatic rings. The fourth-order valence-electron chi connectivity index (χ4n) is 3.59. The predicted octanol–water partition coefficient (Wildman–Crippen LogP) is 0.907. The van der Waals surface area contributed by atoms with E-state index >= 15 is 0 Å². The van der Waals surface area contributed by atoms with Gasteiger partial charge in [0, 0.05) is 51.9 Å². The van der Waals surface area contributed by atoms with Gasteiger partial charge in [-0.15, -0.1) is 10.2 Å². The van der Waals surface area contributed by atoms with Crippen molar-refractivity contribution in [2.45, 2.75) is 32.9 Å². The van der Waals surface area contributed by atoms with Crippen LogP contribution < -0.4 is 10.2 Å². The first-order valence-corrected chi connectivity index (χ1v) is 9.45. The molecule has 138 valence electrons. The number of rotatable bonds is 4. The molecule has 4 rings (SSSR count). The van der Waals surface area contributed by atoms with Gasteiger partial charge in [0.05, 0.1) is 0 Å². The van der Waals surface area contributed by atoms with E-state index in [9.17, 15) is 0 Å². The molecule has 8 nitrogen and oxygen atoms in total. The number of hydrogen-bond acceptors (Lipinski definition) is 5. The minimum atomic E-state index is 0.579. The van der Waals surface area contributed by atoms with Crippen LogP contribution in [0.5, 0.6) is 0 Å². The van der Waals surface area contributed by atoms with Crippen LogP contribution in [0.15, 0.2) is 29.4 Å². The highest BCUT2D eigenvalue weighted by Crippen LogP contribution is 2.15. The monoisotopic (exact) mass is 354 g/mol. The lowest BCUT2D eigenvalue weighted by Crippen LogP contribution is -2.52. The smallest absolute Gasteiger partial charge is 0.194 e. The molecular weight excluding hydrogens is 328 g/mol. The summed E-state index contributed by atoms with van der Waals surface area (Å²) in [5.74, 6) is 4.08. The van der Waals surface area contributed by atoms with Crippen molar-refractivity contribution in [2.24, 2.45) is 4.99 Å². The molecule has 2 aromatic rings. The lowest BCUT2D eigenvalue weighted by atomic mass is 10.3. The third-order valence-corrected chi connectivity index (χ3v) is 4.94. The van der Waals surface area contributed by atoms with E-state index < -0.39 is 0 Å². The predicted molar refractivity (Wildman–Crippen MR) is 101 cm³/mol. The van der Waals surface area contributed by atoms with E-state index in [0.29, 0.717) is 6.54 Å². The van der Waals surface area contributed by atoms with Gasteiger partial charge in [0.15, 0.2) is 11.8 Å². The zero-order valence-electron chi connectivity index (χ0n) is 15.3. The molecule has 0 aliphatic carbocycles. The van der Waals surface area contributed by atoms with Gasteiger partial charge in [-0.3, -0.25) is 0 Å². The maximum Gasteiger partial charge on any atom is 0.194 e. The van der Waals surface area contributed by atoms with Crippen LogP contribution in [-0.2, 0) is 19.5 Å². The summed E-state index contributed by atoms with van der Waals surface area (Å²) in [6.45, 7) is 8.32. The fraction of sp³-hybridized carbons (Fsp3) is 0.556. The quantitative estimate of drug-likeness (QED) is 0.650. The van der Waals surface area contributed by atoms with Crippen molar-refractivity contribution in [1.29, 1.82) is 0 Å². The Hall–Kier alpha value is -2.64. The maximum atomic E-state index is 4.83. The Kier molecular flexibility index (Phi) is 4.99. The number of aryl methyl sites for hydroxylation is 1. The van der Waals surface area contributed by atoms with Gasteiger partial charge < -0.3 is 19.7 Å². The molecule has 8 heteroatoms. The second-order valence-corrected chi connectivity index (χ2v) is 6.62. The van der Waals surface area contributed by atoms with Crippen LogP contribution in [0, 0.1) is 0 Å². The molecule has 0 aromatic carbocycles. The molecule has 0 atom stereocenters. The lowest BCUT2D eigenvalue weighted by Gasteiger charge is -2.37. The minimum absolute atomic E-state index is 0.579. The molecule has 26 heavy (non-hydrogen) atoms. The number of hydrogen-bond donors (Lipinski definition) is 1. The van der Waals surface area contributed by atoms with Gasteiger partial charge in [-0.25, -0.2) is 9.98 Å². The van der Waals surface area contributed by atoms with Gasteiger partial charge in [-0.05, 0) is 25.5 Å². The molecule has 0 spiro atoms. The Morgan fingerprint density at radius 1 is 1.15 bits per heavy atom. The lowest BCUT2D eigenvalue weighted by molar-refractivity contribution is 0.371. The largest absolute Gasteiger partial charge is 0.357 e. The Morgan fingerprint density at radius 3 is 2.81 bits per heavy atom. The summed E-state index contributed by atoms with van der Waals surface area (Å²) in [6.07, 6.45) is 4.05. The van der Waals surface area contributed by atoms with E-state index in [1.165, 1.54) is 0 Å². The van der Waals surface area contributed by atoms with Crippen LogP contribution in [0.25, 0.3) is 0 Å². The van der Waals surface area contributed by atoms with Crippen LogP contribution in [0.3, 0.4) is 0 Å². The third kappa shape index (κ3) is 3.49. The van der Waals surface area contributed by atoms with Crippen LogP contribution in [0.2, 0.25) is 0 Å². The summed E-state index contributed by atoms with van der Waals surface area (Å²) in [5, 5.41) is 12.0. The molecule has 2 aliphatic heterocycles. The van der Waals surface area contributed by atoms with Crippen molar-refractivity contribution in [3.05, 3.63) is 36.0 Å². The van der Waals surface area contributed by atoms with Gasteiger partial charge in [-0.2, -0.15) is 0 Å². The molecule has 0 saturated carbocycles. The Balaban J connectivity index is 1.40. The van der Waals surface area contributed by atoms with Crippen molar-refractivity contribution in [1.82, 2.24) is 30.0 Å². The van der Waals surface area contributed by atoms with Gasteiger partial charge >= 0.3 is 0 Å². The number of aliphatic imine (C=N–C) groups is 1. The fourth-order valence-corrected chi connectivity index (χ4v) is 3.59. The van der Waals surface area contributed by atoms with Gasteiger partial charge in [0.1, 0.15) is 18.2 Å². The summed E-state index contributed by atoms with van der Waals surface area (Å²) in [5.41, 5.74) is 0. The van der Waals surface area contributed by atoms with Gasteiger partial charge in [0.2, 0.25) is 0 Å². The second-order valence-electron chi connectivity index (χ2n) is 6.62. The molecule has 4 heterocycles. The van der Waals surface area contributed by atoms with E-state index in [2.05, 4.69) is 47.9 Å². The van der Waals surface area contributed by atoms with Crippen molar-refractivity contribution in [3.63, 3.8) is 0 Å². The molecule has 0 amide bonds. The van der Waals surface area contributed by atoms with E-state index in [1.807, 2.05) is 18.3 Å². The number of nitrogens with one attached hydrogen (secondary N) is 1. The number of anilines is 1. The number of fused-ring (bicyclic) bond motifs is 1. The SMILES string of the molecule is CCNC(=NCc1nnc2n1CCC2)N1CCN(c2ccccn2)CC1. The second kappa shape index (κ2) is 7.72. The first kappa shape index (κ1) is 16.8. The molecule has 0 bridgehead atoms. The summed E-state index contributed by atoms with van der Waals surface area (Å²) >= 11 is 0. The average Bonchev–Trinajstić information content (AvgIpc) is 3.30. The summed E-state index contributed by atoms with van der Waals surface area (Å²) < 4.78 is 2.21. The number of piperazine rings is 1. The van der Waals surface area contributed by atoms with Crippen LogP contribution in [-0.4, -0.2) is 63.3 Å². The molecule has 1 N–H and O–H groups in total. The zero-order valence-corrected chi connectivity index (χ0v) is 15.3. The van der Waals surface area contributed by atoms with Gasteiger partial charge in [-0.1, -0.05) is 6.07 Å². The van der Waals surface area contributed by atoms with E-state index in [1.54, 1.807) is 0 Å². The van der Waals surface area contributed by atoms with Crippen LogP contribution >= 0.6 is 0 Å². The van der Waals surface area contributed by atoms with Crippen LogP contribution in [0.1, 0.15) is 25.0 Å². The number of aromatic nitrogens is 4. The Bertz CT molecular complexity index is 746. The normalized spacial score (nSPS) is 17.5. The molecule has 0 radical (unpaired) electrons. The molecule has 2 aromatic heterocycles.